The number of thiophene rings is 1. The highest BCUT2D eigenvalue weighted by Gasteiger charge is 2.35. The van der Waals surface area contributed by atoms with Gasteiger partial charge in [0.25, 0.3) is 5.91 Å². The Bertz CT molecular complexity index is 998. The molecule has 0 bridgehead atoms. The molecule has 2 aromatic rings. The molecule has 0 saturated carbocycles. The smallest absolute Gasteiger partial charge is 0.318 e. The van der Waals surface area contributed by atoms with Crippen LogP contribution in [-0.4, -0.2) is 60.9 Å². The molecule has 32 heavy (non-hydrogen) atoms. The van der Waals surface area contributed by atoms with Crippen LogP contribution >= 0.6 is 11.3 Å². The summed E-state index contributed by atoms with van der Waals surface area (Å²) in [6.07, 6.45) is 0.569. The maximum Gasteiger partial charge on any atom is 0.318 e. The number of likely N-dealkylation sites (N-methyl/N-ethyl adjacent to an activating group) is 1. The molecule has 2 heterocycles. The van der Waals surface area contributed by atoms with Crippen LogP contribution in [0.2, 0.25) is 0 Å². The third kappa shape index (κ3) is 5.40. The van der Waals surface area contributed by atoms with Gasteiger partial charge in [-0.1, -0.05) is 12.1 Å². The number of nitrogens with one attached hydrogen (secondary N) is 1. The van der Waals surface area contributed by atoms with Crippen molar-refractivity contribution in [3.8, 4) is 11.5 Å². The molecule has 1 atom stereocenters. The van der Waals surface area contributed by atoms with E-state index in [4.69, 9.17) is 9.47 Å². The minimum atomic E-state index is -0.394. The van der Waals surface area contributed by atoms with Crippen molar-refractivity contribution in [2.75, 3.05) is 27.8 Å². The number of hydrogen-bond acceptors (Lipinski definition) is 6. The summed E-state index contributed by atoms with van der Waals surface area (Å²) in [6, 6.07) is 8.94. The molecule has 172 valence electrons. The first-order valence-corrected chi connectivity index (χ1v) is 11.2. The third-order valence-corrected chi connectivity index (χ3v) is 5.88. The van der Waals surface area contributed by atoms with Gasteiger partial charge in [0, 0.05) is 19.0 Å². The number of urea groups is 1. The molecular weight excluding hydrogens is 428 g/mol. The summed E-state index contributed by atoms with van der Waals surface area (Å²) in [4.78, 5) is 28.1. The van der Waals surface area contributed by atoms with Crippen molar-refractivity contribution in [3.63, 3.8) is 0 Å². The van der Waals surface area contributed by atoms with Gasteiger partial charge in [0.15, 0.2) is 11.5 Å². The van der Waals surface area contributed by atoms with Gasteiger partial charge in [-0.05, 0) is 49.9 Å². The van der Waals surface area contributed by atoms with E-state index in [1.54, 1.807) is 32.6 Å². The Balaban J connectivity index is 1.87. The van der Waals surface area contributed by atoms with Crippen LogP contribution in [0.15, 0.2) is 40.8 Å². The largest absolute Gasteiger partial charge is 0.493 e. The minimum Gasteiger partial charge on any atom is -0.493 e. The Kier molecular flexibility index (Phi) is 7.08. The van der Waals surface area contributed by atoms with Crippen molar-refractivity contribution in [3.05, 3.63) is 46.2 Å². The average molecular weight is 459 g/mol. The van der Waals surface area contributed by atoms with Gasteiger partial charge >= 0.3 is 6.03 Å². The van der Waals surface area contributed by atoms with Crippen molar-refractivity contribution in [1.29, 1.82) is 0 Å². The molecule has 0 saturated heterocycles. The number of ether oxygens (including phenoxy) is 2. The third-order valence-electron chi connectivity index (χ3n) is 4.96. The van der Waals surface area contributed by atoms with E-state index in [1.807, 2.05) is 56.5 Å². The first-order chi connectivity index (χ1) is 15.1. The molecule has 0 radical (unpaired) electrons. The fourth-order valence-electron chi connectivity index (χ4n) is 3.41. The van der Waals surface area contributed by atoms with Crippen LogP contribution in [0.25, 0.3) is 0 Å². The summed E-state index contributed by atoms with van der Waals surface area (Å²) in [6.45, 7) is 5.59. The van der Waals surface area contributed by atoms with E-state index >= 15 is 0 Å². The van der Waals surface area contributed by atoms with Crippen LogP contribution in [0.4, 0.5) is 4.79 Å². The van der Waals surface area contributed by atoms with Crippen LogP contribution < -0.4 is 14.8 Å². The van der Waals surface area contributed by atoms with Crippen molar-refractivity contribution >= 4 is 29.0 Å². The van der Waals surface area contributed by atoms with Gasteiger partial charge in [-0.25, -0.2) is 9.80 Å². The second kappa shape index (κ2) is 9.60. The predicted molar refractivity (Wildman–Crippen MR) is 126 cm³/mol. The Morgan fingerprint density at radius 1 is 1.22 bits per heavy atom. The summed E-state index contributed by atoms with van der Waals surface area (Å²) in [5, 5.41) is 11.0. The zero-order valence-corrected chi connectivity index (χ0v) is 20.2. The maximum absolute atomic E-state index is 13.2. The first-order valence-electron chi connectivity index (χ1n) is 10.3. The second-order valence-electron chi connectivity index (χ2n) is 8.63. The first kappa shape index (κ1) is 23.6. The van der Waals surface area contributed by atoms with E-state index in [1.165, 1.54) is 9.91 Å². The van der Waals surface area contributed by atoms with Gasteiger partial charge in [-0.2, -0.15) is 5.10 Å². The van der Waals surface area contributed by atoms with Crippen LogP contribution in [0.1, 0.15) is 43.7 Å². The number of hydrazone groups is 1. The van der Waals surface area contributed by atoms with Gasteiger partial charge in [0.1, 0.15) is 6.54 Å². The molecule has 8 nitrogen and oxygen atoms in total. The number of benzene rings is 1. The lowest BCUT2D eigenvalue weighted by Crippen LogP contribution is -2.49. The molecule has 1 aromatic carbocycles. The Labute approximate surface area is 192 Å². The molecule has 3 rings (SSSR count). The van der Waals surface area contributed by atoms with Gasteiger partial charge in [0.05, 0.1) is 30.9 Å². The van der Waals surface area contributed by atoms with Crippen molar-refractivity contribution in [2.45, 2.75) is 38.8 Å². The number of carbonyl (C=O) groups excluding carboxylic acids is 2. The van der Waals surface area contributed by atoms with Gasteiger partial charge in [-0.3, -0.25) is 4.79 Å². The quantitative estimate of drug-likeness (QED) is 0.712. The number of amides is 3. The van der Waals surface area contributed by atoms with E-state index in [9.17, 15) is 9.59 Å². The molecule has 0 aliphatic carbocycles. The second-order valence-corrected chi connectivity index (χ2v) is 9.58. The summed E-state index contributed by atoms with van der Waals surface area (Å²) in [7, 11) is 4.76. The van der Waals surface area contributed by atoms with Crippen molar-refractivity contribution < 1.29 is 19.1 Å². The number of hydrogen-bond donors (Lipinski definition) is 1. The standard InChI is InChI=1S/C23H30N4O4S/c1-23(2,3)24-22(29)26(4)14-21(28)27-17(13-16(25-27)20-8-7-11-32-20)15-9-10-18(30-5)19(12-15)31-6/h7-12,17H,13-14H2,1-6H3,(H,24,29). The Hall–Kier alpha value is -3.07. The molecule has 0 spiro atoms. The molecule has 9 heteroatoms. The molecule has 1 N–H and O–H groups in total. The number of methoxy groups -OCH3 is 2. The monoisotopic (exact) mass is 458 g/mol. The number of carbonyl (C=O) groups is 2. The summed E-state index contributed by atoms with van der Waals surface area (Å²) in [5.74, 6) is 0.941. The summed E-state index contributed by atoms with van der Waals surface area (Å²) in [5.41, 5.74) is 1.33. The Morgan fingerprint density at radius 3 is 2.53 bits per heavy atom. The van der Waals surface area contributed by atoms with Crippen LogP contribution in [-0.2, 0) is 4.79 Å². The normalized spacial score (nSPS) is 15.9. The lowest BCUT2D eigenvalue weighted by atomic mass is 10.0. The Morgan fingerprint density at radius 2 is 1.94 bits per heavy atom. The molecule has 1 aromatic heterocycles. The fourth-order valence-corrected chi connectivity index (χ4v) is 4.14. The molecule has 3 amide bonds. The lowest BCUT2D eigenvalue weighted by Gasteiger charge is -2.28. The zero-order valence-electron chi connectivity index (χ0n) is 19.3. The number of rotatable bonds is 6. The van der Waals surface area contributed by atoms with Gasteiger partial charge in [-0.15, -0.1) is 11.3 Å². The zero-order chi connectivity index (χ0) is 23.5. The van der Waals surface area contributed by atoms with Gasteiger partial charge in [0.2, 0.25) is 0 Å². The highest BCUT2D eigenvalue weighted by atomic mass is 32.1. The van der Waals surface area contributed by atoms with E-state index in [2.05, 4.69) is 10.4 Å². The molecule has 0 fully saturated rings. The molecule has 1 aliphatic heterocycles. The van der Waals surface area contributed by atoms with Crippen molar-refractivity contribution in [1.82, 2.24) is 15.2 Å². The molecular formula is C23H30N4O4S. The van der Waals surface area contributed by atoms with E-state index < -0.39 is 5.54 Å². The van der Waals surface area contributed by atoms with Crippen LogP contribution in [0.3, 0.4) is 0 Å². The maximum atomic E-state index is 13.2. The molecule has 1 aliphatic rings. The topological polar surface area (TPSA) is 83.5 Å². The highest BCUT2D eigenvalue weighted by molar-refractivity contribution is 7.12. The van der Waals surface area contributed by atoms with Gasteiger partial charge < -0.3 is 19.7 Å². The SMILES string of the molecule is COc1ccc(C2CC(c3cccs3)=NN2C(=O)CN(C)C(=O)NC(C)(C)C)cc1OC. The average Bonchev–Trinajstić information content (AvgIpc) is 3.41. The fraction of sp³-hybridized carbons (Fsp3) is 0.435. The highest BCUT2D eigenvalue weighted by Crippen LogP contribution is 2.37. The predicted octanol–water partition coefficient (Wildman–Crippen LogP) is 3.88. The van der Waals surface area contributed by atoms with Crippen LogP contribution in [0, 0.1) is 0 Å². The van der Waals surface area contributed by atoms with E-state index in [0.717, 1.165) is 16.2 Å². The van der Waals surface area contributed by atoms with Crippen LogP contribution in [0.5, 0.6) is 11.5 Å². The summed E-state index contributed by atoms with van der Waals surface area (Å²) < 4.78 is 10.8. The van der Waals surface area contributed by atoms with E-state index in [0.29, 0.717) is 17.9 Å². The lowest BCUT2D eigenvalue weighted by molar-refractivity contribution is -0.133. The van der Waals surface area contributed by atoms with Crippen molar-refractivity contribution in [2.24, 2.45) is 5.10 Å². The van der Waals surface area contributed by atoms with E-state index in [-0.39, 0.29) is 24.5 Å². The molecule has 1 unspecified atom stereocenters. The summed E-state index contributed by atoms with van der Waals surface area (Å²) >= 11 is 1.58. The minimum absolute atomic E-state index is 0.0904. The number of nitrogens with zero attached hydrogens (tertiary/aromatic N) is 3.